The summed E-state index contributed by atoms with van der Waals surface area (Å²) in [5.41, 5.74) is 2.70. The Morgan fingerprint density at radius 2 is 1.88 bits per heavy atom. The maximum Gasteiger partial charge on any atom is 0.375 e. The average Bonchev–Trinajstić information content (AvgIpc) is 2.99. The molecule has 0 aliphatic heterocycles. The Kier molecular flexibility index (Phi) is 4.99. The van der Waals surface area contributed by atoms with Crippen LogP contribution in [-0.2, 0) is 16.0 Å². The lowest BCUT2D eigenvalue weighted by Crippen LogP contribution is -2.21. The highest BCUT2D eigenvalue weighted by atomic mass is 16.5. The lowest BCUT2D eigenvalue weighted by molar-refractivity contribution is -0.119. The SMILES string of the molecule is Cc1c(C(=O)OCC(=O)Nc2ccc(CC#N)cc2)oc2ccccc12. The van der Waals surface area contributed by atoms with Crippen LogP contribution in [0.5, 0.6) is 0 Å². The number of rotatable bonds is 5. The lowest BCUT2D eigenvalue weighted by Gasteiger charge is -2.06. The molecule has 0 saturated heterocycles. The van der Waals surface area contributed by atoms with Gasteiger partial charge in [-0.15, -0.1) is 0 Å². The summed E-state index contributed by atoms with van der Waals surface area (Å²) in [4.78, 5) is 24.1. The van der Waals surface area contributed by atoms with Gasteiger partial charge in [-0.25, -0.2) is 4.79 Å². The number of hydrogen-bond acceptors (Lipinski definition) is 5. The molecule has 1 heterocycles. The number of fused-ring (bicyclic) bond motifs is 1. The molecule has 0 unspecified atom stereocenters. The van der Waals surface area contributed by atoms with Gasteiger partial charge in [0.25, 0.3) is 5.91 Å². The second-order valence-electron chi connectivity index (χ2n) is 5.71. The largest absolute Gasteiger partial charge is 0.450 e. The third-order valence-electron chi connectivity index (χ3n) is 3.88. The zero-order valence-electron chi connectivity index (χ0n) is 14.1. The van der Waals surface area contributed by atoms with Gasteiger partial charge in [-0.2, -0.15) is 5.26 Å². The van der Waals surface area contributed by atoms with E-state index < -0.39 is 18.5 Å². The molecule has 0 atom stereocenters. The zero-order chi connectivity index (χ0) is 18.5. The minimum absolute atomic E-state index is 0.0971. The van der Waals surface area contributed by atoms with Gasteiger partial charge in [0.05, 0.1) is 12.5 Å². The monoisotopic (exact) mass is 348 g/mol. The van der Waals surface area contributed by atoms with E-state index in [0.717, 1.165) is 10.9 Å². The standard InChI is InChI=1S/C20H16N2O4/c1-13-16-4-2-3-5-17(16)26-19(13)20(24)25-12-18(23)22-15-8-6-14(7-9-15)10-11-21/h2-9H,10,12H2,1H3,(H,22,23). The van der Waals surface area contributed by atoms with Crippen LogP contribution in [0.25, 0.3) is 11.0 Å². The average molecular weight is 348 g/mol. The van der Waals surface area contributed by atoms with E-state index in [9.17, 15) is 9.59 Å². The number of para-hydroxylation sites is 1. The number of hydrogen-bond donors (Lipinski definition) is 1. The van der Waals surface area contributed by atoms with Gasteiger partial charge in [0.1, 0.15) is 5.58 Å². The van der Waals surface area contributed by atoms with Crippen LogP contribution in [0.15, 0.2) is 52.9 Å². The fraction of sp³-hybridized carbons (Fsp3) is 0.150. The summed E-state index contributed by atoms with van der Waals surface area (Å²) < 4.78 is 10.6. The summed E-state index contributed by atoms with van der Waals surface area (Å²) in [6, 6.07) is 16.2. The van der Waals surface area contributed by atoms with Gasteiger partial charge in [0, 0.05) is 16.6 Å². The van der Waals surface area contributed by atoms with Crippen LogP contribution >= 0.6 is 0 Å². The van der Waals surface area contributed by atoms with Crippen LogP contribution in [-0.4, -0.2) is 18.5 Å². The van der Waals surface area contributed by atoms with Crippen LogP contribution in [0.3, 0.4) is 0 Å². The van der Waals surface area contributed by atoms with E-state index in [1.807, 2.05) is 18.2 Å². The number of nitriles is 1. The summed E-state index contributed by atoms with van der Waals surface area (Å²) in [5.74, 6) is -1.04. The van der Waals surface area contributed by atoms with Crippen LogP contribution in [0.2, 0.25) is 0 Å². The topological polar surface area (TPSA) is 92.3 Å². The van der Waals surface area contributed by atoms with E-state index in [-0.39, 0.29) is 5.76 Å². The van der Waals surface area contributed by atoms with Crippen molar-refractivity contribution in [3.8, 4) is 6.07 Å². The molecular formula is C20H16N2O4. The Morgan fingerprint density at radius 1 is 1.15 bits per heavy atom. The van der Waals surface area contributed by atoms with Gasteiger partial charge >= 0.3 is 5.97 Å². The number of nitrogens with zero attached hydrogens (tertiary/aromatic N) is 1. The third kappa shape index (κ3) is 3.73. The third-order valence-corrected chi connectivity index (χ3v) is 3.88. The van der Waals surface area contributed by atoms with Gasteiger partial charge in [-0.05, 0) is 30.7 Å². The number of furan rings is 1. The van der Waals surface area contributed by atoms with Crippen LogP contribution in [0, 0.1) is 18.3 Å². The molecule has 6 nitrogen and oxygen atoms in total. The summed E-state index contributed by atoms with van der Waals surface area (Å²) >= 11 is 0. The second-order valence-corrected chi connectivity index (χ2v) is 5.71. The zero-order valence-corrected chi connectivity index (χ0v) is 14.1. The molecule has 1 N–H and O–H groups in total. The number of aryl methyl sites for hydroxylation is 1. The number of carbonyl (C=O) groups is 2. The molecule has 26 heavy (non-hydrogen) atoms. The molecule has 0 fully saturated rings. The summed E-state index contributed by atoms with van der Waals surface area (Å²) in [5, 5.41) is 12.1. The van der Waals surface area contributed by atoms with Crippen LogP contribution < -0.4 is 5.32 Å². The quantitative estimate of drug-likeness (QED) is 0.711. The number of ether oxygens (including phenoxy) is 1. The molecular weight excluding hydrogens is 332 g/mol. The molecule has 0 radical (unpaired) electrons. The van der Waals surface area contributed by atoms with E-state index in [0.29, 0.717) is 23.3 Å². The minimum atomic E-state index is -0.682. The van der Waals surface area contributed by atoms with Crippen molar-refractivity contribution in [1.29, 1.82) is 5.26 Å². The van der Waals surface area contributed by atoms with Gasteiger partial charge in [0.15, 0.2) is 6.61 Å². The highest BCUT2D eigenvalue weighted by molar-refractivity contribution is 5.98. The van der Waals surface area contributed by atoms with Crippen molar-refractivity contribution < 1.29 is 18.7 Å². The molecule has 0 aliphatic carbocycles. The molecule has 0 aliphatic rings. The smallest absolute Gasteiger partial charge is 0.375 e. The maximum absolute atomic E-state index is 12.2. The predicted octanol–water partition coefficient (Wildman–Crippen LogP) is 3.60. The first-order chi connectivity index (χ1) is 12.6. The van der Waals surface area contributed by atoms with Gasteiger partial charge < -0.3 is 14.5 Å². The van der Waals surface area contributed by atoms with E-state index in [1.54, 1.807) is 37.3 Å². The summed E-state index contributed by atoms with van der Waals surface area (Å²) in [7, 11) is 0. The summed E-state index contributed by atoms with van der Waals surface area (Å²) in [6.45, 7) is 1.35. The molecule has 130 valence electrons. The maximum atomic E-state index is 12.2. The number of esters is 1. The first-order valence-electron chi connectivity index (χ1n) is 7.99. The molecule has 1 amide bonds. The number of benzene rings is 2. The normalized spacial score (nSPS) is 10.3. The van der Waals surface area contributed by atoms with Crippen molar-refractivity contribution in [2.24, 2.45) is 0 Å². The van der Waals surface area contributed by atoms with Crippen molar-refractivity contribution in [3.63, 3.8) is 0 Å². The molecule has 1 aromatic heterocycles. The Hall–Kier alpha value is -3.59. The summed E-state index contributed by atoms with van der Waals surface area (Å²) in [6.07, 6.45) is 0.308. The Bertz CT molecular complexity index is 997. The van der Waals surface area contributed by atoms with E-state index >= 15 is 0 Å². The Labute approximate surface area is 150 Å². The molecule has 0 spiro atoms. The van der Waals surface area contributed by atoms with Crippen LogP contribution in [0.4, 0.5) is 5.69 Å². The highest BCUT2D eigenvalue weighted by Gasteiger charge is 2.19. The van der Waals surface area contributed by atoms with Crippen LogP contribution in [0.1, 0.15) is 21.7 Å². The van der Waals surface area contributed by atoms with Gasteiger partial charge in [0.2, 0.25) is 5.76 Å². The number of amides is 1. The highest BCUT2D eigenvalue weighted by Crippen LogP contribution is 2.25. The lowest BCUT2D eigenvalue weighted by atomic mass is 10.1. The van der Waals surface area contributed by atoms with E-state index in [4.69, 9.17) is 14.4 Å². The second kappa shape index (κ2) is 7.53. The van der Waals surface area contributed by atoms with Crippen molar-refractivity contribution in [2.45, 2.75) is 13.3 Å². The van der Waals surface area contributed by atoms with Crippen molar-refractivity contribution >= 4 is 28.5 Å². The van der Waals surface area contributed by atoms with Crippen molar-refractivity contribution in [2.75, 3.05) is 11.9 Å². The number of anilines is 1. The Balaban J connectivity index is 1.59. The Morgan fingerprint density at radius 3 is 2.58 bits per heavy atom. The molecule has 0 saturated carbocycles. The minimum Gasteiger partial charge on any atom is -0.450 e. The first kappa shape index (κ1) is 17.2. The fourth-order valence-corrected chi connectivity index (χ4v) is 2.56. The molecule has 3 aromatic rings. The van der Waals surface area contributed by atoms with Gasteiger partial charge in [-0.3, -0.25) is 4.79 Å². The molecule has 0 bridgehead atoms. The van der Waals surface area contributed by atoms with E-state index in [1.165, 1.54) is 0 Å². The van der Waals surface area contributed by atoms with Crippen molar-refractivity contribution in [3.05, 3.63) is 65.4 Å². The molecule has 2 aromatic carbocycles. The molecule has 3 rings (SSSR count). The molecule has 6 heteroatoms. The number of nitrogens with one attached hydrogen (secondary N) is 1. The van der Waals surface area contributed by atoms with E-state index in [2.05, 4.69) is 11.4 Å². The first-order valence-corrected chi connectivity index (χ1v) is 7.99. The number of carbonyl (C=O) groups excluding carboxylic acids is 2. The van der Waals surface area contributed by atoms with Crippen molar-refractivity contribution in [1.82, 2.24) is 0 Å². The predicted molar refractivity (Wildman–Crippen MR) is 95.6 cm³/mol. The van der Waals surface area contributed by atoms with Gasteiger partial charge in [-0.1, -0.05) is 30.3 Å². The fourth-order valence-electron chi connectivity index (χ4n) is 2.56.